The largest absolute Gasteiger partial charge is 0.481 e. The number of hydrogen-bond donors (Lipinski definition) is 2. The van der Waals surface area contributed by atoms with Gasteiger partial charge >= 0.3 is 5.97 Å². The molecule has 0 bridgehead atoms. The number of carbonyl (C=O) groups is 1. The fourth-order valence-electron chi connectivity index (χ4n) is 3.40. The summed E-state index contributed by atoms with van der Waals surface area (Å²) >= 11 is 0. The molecule has 0 aromatic heterocycles. The quantitative estimate of drug-likeness (QED) is 0.224. The second-order valence-corrected chi connectivity index (χ2v) is 7.40. The van der Waals surface area contributed by atoms with Gasteiger partial charge in [-0.2, -0.15) is 0 Å². The fraction of sp³-hybridized carbons (Fsp3) is 0.857. The zero-order valence-corrected chi connectivity index (χ0v) is 16.9. The zero-order chi connectivity index (χ0) is 19.0. The molecule has 0 radical (unpaired) electrons. The van der Waals surface area contributed by atoms with Crippen molar-refractivity contribution < 1.29 is 19.5 Å². The van der Waals surface area contributed by atoms with Crippen LogP contribution in [0.15, 0.2) is 12.2 Å². The van der Waals surface area contributed by atoms with E-state index in [2.05, 4.69) is 32.9 Å². The van der Waals surface area contributed by atoms with Gasteiger partial charge in [0.05, 0.1) is 26.1 Å². The topological polar surface area (TPSA) is 57.5 Å². The van der Waals surface area contributed by atoms with E-state index in [-0.39, 0.29) is 12.5 Å². The number of aliphatic carboxylic acids is 1. The van der Waals surface area contributed by atoms with E-state index < -0.39 is 5.97 Å². The molecule has 4 nitrogen and oxygen atoms in total. The normalized spacial score (nSPS) is 13.4. The lowest BCUT2D eigenvalue weighted by Gasteiger charge is -2.40. The molecule has 4 heteroatoms. The molecule has 0 aliphatic heterocycles. The van der Waals surface area contributed by atoms with Gasteiger partial charge in [0.2, 0.25) is 0 Å². The van der Waals surface area contributed by atoms with Crippen molar-refractivity contribution in [3.63, 3.8) is 0 Å². The Labute approximate surface area is 155 Å². The van der Waals surface area contributed by atoms with Crippen LogP contribution in [0.25, 0.3) is 0 Å². The number of aliphatic hydroxyl groups is 1. The Balaban J connectivity index is 4.93. The van der Waals surface area contributed by atoms with Crippen molar-refractivity contribution in [1.82, 2.24) is 0 Å². The van der Waals surface area contributed by atoms with Crippen LogP contribution < -0.4 is 0 Å². The van der Waals surface area contributed by atoms with Crippen molar-refractivity contribution in [3.05, 3.63) is 12.2 Å². The Morgan fingerprint density at radius 1 is 0.920 bits per heavy atom. The second-order valence-electron chi connectivity index (χ2n) is 7.40. The number of unbranched alkanes of at least 4 members (excludes halogenated alkanes) is 5. The van der Waals surface area contributed by atoms with Crippen LogP contribution in [0, 0.1) is 0 Å². The Bertz CT molecular complexity index is 345. The van der Waals surface area contributed by atoms with Gasteiger partial charge in [-0.3, -0.25) is 4.79 Å². The van der Waals surface area contributed by atoms with E-state index in [0.29, 0.717) is 19.5 Å². The maximum absolute atomic E-state index is 11.2. The lowest BCUT2D eigenvalue weighted by molar-refractivity contribution is -0.930. The van der Waals surface area contributed by atoms with Crippen molar-refractivity contribution in [2.45, 2.75) is 91.1 Å². The molecule has 0 spiro atoms. The molecule has 2 N–H and O–H groups in total. The van der Waals surface area contributed by atoms with Crippen molar-refractivity contribution in [2.75, 3.05) is 26.2 Å². The average Bonchev–Trinajstić information content (AvgIpc) is 2.57. The zero-order valence-electron chi connectivity index (χ0n) is 16.9. The number of nitrogens with zero attached hydrogens (tertiary/aromatic N) is 1. The molecule has 0 aromatic carbocycles. The number of carboxylic acids is 1. The van der Waals surface area contributed by atoms with E-state index in [1.54, 1.807) is 0 Å². The van der Waals surface area contributed by atoms with Crippen molar-refractivity contribution >= 4 is 5.97 Å². The van der Waals surface area contributed by atoms with Crippen molar-refractivity contribution in [3.8, 4) is 0 Å². The molecule has 0 saturated heterocycles. The first kappa shape index (κ1) is 24.1. The van der Waals surface area contributed by atoms with Gasteiger partial charge in [0.15, 0.2) is 0 Å². The molecule has 0 amide bonds. The number of carboxylic acid groups (broad SMARTS) is 1. The lowest BCUT2D eigenvalue weighted by atomic mass is 10.1. The molecule has 1 atom stereocenters. The molecule has 0 heterocycles. The van der Waals surface area contributed by atoms with Gasteiger partial charge in [-0.25, -0.2) is 0 Å². The molecule has 0 aliphatic carbocycles. The van der Waals surface area contributed by atoms with Gasteiger partial charge in [0.1, 0.15) is 12.6 Å². The third kappa shape index (κ3) is 13.1. The maximum atomic E-state index is 11.2. The van der Waals surface area contributed by atoms with Crippen LogP contribution in [-0.4, -0.2) is 52.9 Å². The summed E-state index contributed by atoms with van der Waals surface area (Å²) in [6.07, 6.45) is 13.8. The van der Waals surface area contributed by atoms with Crippen molar-refractivity contribution in [2.24, 2.45) is 0 Å². The van der Waals surface area contributed by atoms with Gasteiger partial charge in [0, 0.05) is 0 Å². The lowest BCUT2D eigenvalue weighted by Crippen LogP contribution is -2.54. The second kappa shape index (κ2) is 15.4. The molecule has 0 fully saturated rings. The number of aliphatic hydroxyl groups excluding tert-OH is 1. The van der Waals surface area contributed by atoms with E-state index in [1.165, 1.54) is 12.8 Å². The highest BCUT2D eigenvalue weighted by Crippen LogP contribution is 2.17. The fourth-order valence-corrected chi connectivity index (χ4v) is 3.40. The predicted octanol–water partition coefficient (Wildman–Crippen LogP) is 4.77. The summed E-state index contributed by atoms with van der Waals surface area (Å²) in [7, 11) is 0. The molecule has 25 heavy (non-hydrogen) atoms. The monoisotopic (exact) mass is 356 g/mol. The third-order valence-corrected chi connectivity index (χ3v) is 4.90. The minimum Gasteiger partial charge on any atom is -0.481 e. The Hall–Kier alpha value is -0.870. The summed E-state index contributed by atoms with van der Waals surface area (Å²) in [5.41, 5.74) is 0. The van der Waals surface area contributed by atoms with E-state index >= 15 is 0 Å². The van der Waals surface area contributed by atoms with E-state index in [0.717, 1.165) is 56.1 Å². The molecule has 1 unspecified atom stereocenters. The van der Waals surface area contributed by atoms with Crippen LogP contribution in [-0.2, 0) is 4.79 Å². The summed E-state index contributed by atoms with van der Waals surface area (Å²) in [5, 5.41) is 19.7. The predicted molar refractivity (Wildman–Crippen MR) is 106 cm³/mol. The van der Waals surface area contributed by atoms with Crippen LogP contribution in [0.4, 0.5) is 0 Å². The van der Waals surface area contributed by atoms with Crippen LogP contribution in [0.2, 0.25) is 0 Å². The minimum absolute atomic E-state index is 0.191. The SMILES string of the molecule is CCC/C=C/CC(O)C[N+](CCCCC)(CCCCC)CCC(=O)O. The summed E-state index contributed by atoms with van der Waals surface area (Å²) < 4.78 is 0.759. The summed E-state index contributed by atoms with van der Waals surface area (Å²) in [5.74, 6) is -0.731. The number of allylic oxidation sites excluding steroid dienone is 1. The van der Waals surface area contributed by atoms with Crippen molar-refractivity contribution in [1.29, 1.82) is 0 Å². The molecule has 148 valence electrons. The van der Waals surface area contributed by atoms with Gasteiger partial charge < -0.3 is 14.7 Å². The highest BCUT2D eigenvalue weighted by molar-refractivity contribution is 5.66. The maximum Gasteiger partial charge on any atom is 0.309 e. The van der Waals surface area contributed by atoms with Gasteiger partial charge in [-0.15, -0.1) is 0 Å². The third-order valence-electron chi connectivity index (χ3n) is 4.90. The van der Waals surface area contributed by atoms with E-state index in [9.17, 15) is 15.0 Å². The first-order chi connectivity index (χ1) is 12.0. The van der Waals surface area contributed by atoms with Gasteiger partial charge in [-0.05, 0) is 38.5 Å². The molecule has 0 aliphatic rings. The Morgan fingerprint density at radius 2 is 1.52 bits per heavy atom. The first-order valence-corrected chi connectivity index (χ1v) is 10.4. The van der Waals surface area contributed by atoms with Crippen LogP contribution in [0.1, 0.15) is 85.0 Å². The summed E-state index contributed by atoms with van der Waals surface area (Å²) in [4.78, 5) is 11.2. The molecule has 0 saturated carbocycles. The van der Waals surface area contributed by atoms with Crippen LogP contribution in [0.5, 0.6) is 0 Å². The molecular formula is C21H42NO3+. The van der Waals surface area contributed by atoms with Gasteiger partial charge in [-0.1, -0.05) is 52.2 Å². The molecular weight excluding hydrogens is 314 g/mol. The smallest absolute Gasteiger partial charge is 0.309 e. The van der Waals surface area contributed by atoms with E-state index in [1.807, 2.05) is 0 Å². The number of hydrogen-bond acceptors (Lipinski definition) is 2. The van der Waals surface area contributed by atoms with E-state index in [4.69, 9.17) is 0 Å². The summed E-state index contributed by atoms with van der Waals surface area (Å²) in [6, 6.07) is 0. The minimum atomic E-state index is -0.731. The average molecular weight is 357 g/mol. The highest BCUT2D eigenvalue weighted by atomic mass is 16.4. The van der Waals surface area contributed by atoms with Crippen LogP contribution >= 0.6 is 0 Å². The Morgan fingerprint density at radius 3 is 2.00 bits per heavy atom. The first-order valence-electron chi connectivity index (χ1n) is 10.4. The van der Waals surface area contributed by atoms with Gasteiger partial charge in [0.25, 0.3) is 0 Å². The Kier molecular flexibility index (Phi) is 14.9. The number of quaternary nitrogens is 1. The van der Waals surface area contributed by atoms with Crippen LogP contribution in [0.3, 0.4) is 0 Å². The molecule has 0 aromatic rings. The standard InChI is InChI=1S/C21H41NO3/c1-4-7-10-11-14-20(23)19-22(16-12-8-5-2,17-13-9-6-3)18-15-21(24)25/h10-11,20,23H,4-9,12-19H2,1-3H3/p+1/b11-10+. The number of rotatable bonds is 17. The highest BCUT2D eigenvalue weighted by Gasteiger charge is 2.30. The molecule has 0 rings (SSSR count). The summed E-state index contributed by atoms with van der Waals surface area (Å²) in [6.45, 7) is 9.82.